The Morgan fingerprint density at radius 2 is 2.00 bits per heavy atom. The first kappa shape index (κ1) is 12.3. The zero-order valence-corrected chi connectivity index (χ0v) is 9.80. The molecule has 1 aromatic carbocycles. The van der Waals surface area contributed by atoms with Gasteiger partial charge in [-0.2, -0.15) is 0 Å². The number of anilines is 1. The maximum atomic E-state index is 11.7. The average molecular weight is 245 g/mol. The first-order valence-electron chi connectivity index (χ1n) is 5.61. The molecule has 5 N–H and O–H groups in total. The summed E-state index contributed by atoms with van der Waals surface area (Å²) in [6.07, 6.45) is 1.46. The first-order chi connectivity index (χ1) is 8.70. The van der Waals surface area contributed by atoms with E-state index in [1.165, 1.54) is 6.26 Å². The Bertz CT molecular complexity index is 506. The van der Waals surface area contributed by atoms with Gasteiger partial charge in [-0.3, -0.25) is 4.79 Å². The van der Waals surface area contributed by atoms with Crippen molar-refractivity contribution in [3.05, 3.63) is 54.0 Å². The van der Waals surface area contributed by atoms with Gasteiger partial charge in [0.15, 0.2) is 5.76 Å². The van der Waals surface area contributed by atoms with Gasteiger partial charge >= 0.3 is 0 Å². The van der Waals surface area contributed by atoms with Gasteiger partial charge in [-0.25, -0.2) is 0 Å². The van der Waals surface area contributed by atoms with Crippen LogP contribution >= 0.6 is 0 Å². The van der Waals surface area contributed by atoms with Crippen LogP contribution in [0.15, 0.2) is 47.1 Å². The normalized spacial score (nSPS) is 12.1. The van der Waals surface area contributed by atoms with E-state index in [4.69, 9.17) is 15.9 Å². The summed E-state index contributed by atoms with van der Waals surface area (Å²) in [6, 6.07) is 10.3. The second kappa shape index (κ2) is 5.48. The van der Waals surface area contributed by atoms with Crippen molar-refractivity contribution in [3.8, 4) is 0 Å². The van der Waals surface area contributed by atoms with Gasteiger partial charge in [0.2, 0.25) is 0 Å². The summed E-state index contributed by atoms with van der Waals surface area (Å²) in [5, 5.41) is 2.72. The predicted molar refractivity (Wildman–Crippen MR) is 69.1 cm³/mol. The Hall–Kier alpha value is -2.11. The monoisotopic (exact) mass is 245 g/mol. The van der Waals surface area contributed by atoms with E-state index >= 15 is 0 Å². The molecule has 0 unspecified atom stereocenters. The molecule has 2 aromatic rings. The summed E-state index contributed by atoms with van der Waals surface area (Å²) in [4.78, 5) is 11.7. The topological polar surface area (TPSA) is 94.3 Å². The molecular formula is C13H15N3O2. The van der Waals surface area contributed by atoms with E-state index in [0.717, 1.165) is 5.56 Å². The summed E-state index contributed by atoms with van der Waals surface area (Å²) >= 11 is 0. The van der Waals surface area contributed by atoms with Crippen molar-refractivity contribution in [2.75, 3.05) is 11.9 Å². The molecule has 0 saturated carbocycles. The smallest absolute Gasteiger partial charge is 0.291 e. The van der Waals surface area contributed by atoms with Crippen LogP contribution in [0.2, 0.25) is 0 Å². The summed E-state index contributed by atoms with van der Waals surface area (Å²) in [5.41, 5.74) is 12.9. The molecule has 5 nitrogen and oxygen atoms in total. The Morgan fingerprint density at radius 1 is 1.28 bits per heavy atom. The molecule has 0 aliphatic heterocycles. The molecule has 18 heavy (non-hydrogen) atoms. The molecule has 0 bridgehead atoms. The van der Waals surface area contributed by atoms with E-state index < -0.39 is 0 Å². The largest absolute Gasteiger partial charge is 0.459 e. The predicted octanol–water partition coefficient (Wildman–Crippen LogP) is 1.49. The lowest BCUT2D eigenvalue weighted by Gasteiger charge is -2.10. The Balaban J connectivity index is 2.04. The van der Waals surface area contributed by atoms with Crippen LogP contribution in [0, 0.1) is 0 Å². The van der Waals surface area contributed by atoms with Gasteiger partial charge in [-0.15, -0.1) is 0 Å². The van der Waals surface area contributed by atoms with Gasteiger partial charge in [0.25, 0.3) is 5.91 Å². The minimum absolute atomic E-state index is 0.181. The van der Waals surface area contributed by atoms with Crippen LogP contribution in [0.1, 0.15) is 22.2 Å². The fourth-order valence-corrected chi connectivity index (χ4v) is 1.55. The van der Waals surface area contributed by atoms with Crippen molar-refractivity contribution in [1.82, 2.24) is 0 Å². The number of nitrogens with two attached hydrogens (primary N) is 2. The molecule has 1 aromatic heterocycles. The highest BCUT2D eigenvalue weighted by atomic mass is 16.3. The quantitative estimate of drug-likeness (QED) is 0.760. The summed E-state index contributed by atoms with van der Waals surface area (Å²) in [6.45, 7) is 0.387. The van der Waals surface area contributed by atoms with Crippen molar-refractivity contribution in [3.63, 3.8) is 0 Å². The number of amides is 1. The molecule has 0 spiro atoms. The number of benzene rings is 1. The maximum absolute atomic E-state index is 11.7. The molecule has 1 amide bonds. The molecule has 2 rings (SSSR count). The Kier molecular flexibility index (Phi) is 3.76. The highest BCUT2D eigenvalue weighted by Crippen LogP contribution is 2.15. The molecule has 0 aliphatic carbocycles. The van der Waals surface area contributed by atoms with Gasteiger partial charge in [-0.1, -0.05) is 12.1 Å². The van der Waals surface area contributed by atoms with Crippen LogP contribution in [0.5, 0.6) is 0 Å². The summed E-state index contributed by atoms with van der Waals surface area (Å²) < 4.78 is 5.00. The zero-order chi connectivity index (χ0) is 13.0. The summed E-state index contributed by atoms with van der Waals surface area (Å²) in [5.74, 6) is -0.00592. The van der Waals surface area contributed by atoms with Gasteiger partial charge in [-0.05, 0) is 29.8 Å². The third-order valence-electron chi connectivity index (χ3n) is 2.60. The molecule has 5 heteroatoms. The third kappa shape index (κ3) is 2.77. The Labute approximate surface area is 105 Å². The van der Waals surface area contributed by atoms with Crippen LogP contribution < -0.4 is 16.8 Å². The van der Waals surface area contributed by atoms with Gasteiger partial charge < -0.3 is 21.2 Å². The van der Waals surface area contributed by atoms with Gasteiger partial charge in [0.1, 0.15) is 0 Å². The summed E-state index contributed by atoms with van der Waals surface area (Å²) in [7, 11) is 0. The van der Waals surface area contributed by atoms with Crippen molar-refractivity contribution in [1.29, 1.82) is 0 Å². The number of furan rings is 1. The van der Waals surface area contributed by atoms with Crippen LogP contribution in [0.4, 0.5) is 5.69 Å². The van der Waals surface area contributed by atoms with E-state index in [-0.39, 0.29) is 17.7 Å². The highest BCUT2D eigenvalue weighted by Gasteiger charge is 2.09. The number of hydrogen-bond donors (Lipinski definition) is 3. The standard InChI is InChI=1S/C13H15N3O2/c14-8-11(15)9-3-5-10(6-4-9)16-13(17)12-2-1-7-18-12/h1-7,11H,8,14-15H2,(H,16,17)/t11-/m1/s1. The highest BCUT2D eigenvalue weighted by molar-refractivity contribution is 6.02. The van der Waals surface area contributed by atoms with Gasteiger partial charge in [0, 0.05) is 18.3 Å². The lowest BCUT2D eigenvalue weighted by Crippen LogP contribution is -2.20. The van der Waals surface area contributed by atoms with E-state index in [1.54, 1.807) is 24.3 Å². The first-order valence-corrected chi connectivity index (χ1v) is 5.61. The SMILES string of the molecule is NC[C@@H](N)c1ccc(NC(=O)c2ccco2)cc1. The molecule has 0 saturated heterocycles. The van der Waals surface area contributed by atoms with E-state index in [9.17, 15) is 4.79 Å². The van der Waals surface area contributed by atoms with Gasteiger partial charge in [0.05, 0.1) is 6.26 Å². The molecule has 0 fully saturated rings. The molecule has 94 valence electrons. The average Bonchev–Trinajstić information content (AvgIpc) is 2.92. The minimum Gasteiger partial charge on any atom is -0.459 e. The number of hydrogen-bond acceptors (Lipinski definition) is 4. The second-order valence-electron chi connectivity index (χ2n) is 3.90. The lowest BCUT2D eigenvalue weighted by molar-refractivity contribution is 0.0996. The van der Waals surface area contributed by atoms with E-state index in [1.807, 2.05) is 12.1 Å². The van der Waals surface area contributed by atoms with E-state index in [0.29, 0.717) is 12.2 Å². The van der Waals surface area contributed by atoms with Crippen molar-refractivity contribution >= 4 is 11.6 Å². The molecule has 1 atom stereocenters. The number of carbonyl (C=O) groups excluding carboxylic acids is 1. The van der Waals surface area contributed by atoms with Crippen LogP contribution in [-0.2, 0) is 0 Å². The molecular weight excluding hydrogens is 230 g/mol. The zero-order valence-electron chi connectivity index (χ0n) is 9.80. The fourth-order valence-electron chi connectivity index (χ4n) is 1.55. The van der Waals surface area contributed by atoms with Crippen LogP contribution in [0.3, 0.4) is 0 Å². The fraction of sp³-hybridized carbons (Fsp3) is 0.154. The van der Waals surface area contributed by atoms with Crippen molar-refractivity contribution < 1.29 is 9.21 Å². The lowest BCUT2D eigenvalue weighted by atomic mass is 10.1. The van der Waals surface area contributed by atoms with E-state index in [2.05, 4.69) is 5.32 Å². The third-order valence-corrected chi connectivity index (χ3v) is 2.60. The van der Waals surface area contributed by atoms with Crippen LogP contribution in [-0.4, -0.2) is 12.5 Å². The van der Waals surface area contributed by atoms with Crippen molar-refractivity contribution in [2.24, 2.45) is 11.5 Å². The minimum atomic E-state index is -0.282. The maximum Gasteiger partial charge on any atom is 0.291 e. The molecule has 0 radical (unpaired) electrons. The molecule has 1 heterocycles. The Morgan fingerprint density at radius 3 is 2.56 bits per heavy atom. The number of rotatable bonds is 4. The molecule has 0 aliphatic rings. The second-order valence-corrected chi connectivity index (χ2v) is 3.90. The number of nitrogens with one attached hydrogen (secondary N) is 1. The van der Waals surface area contributed by atoms with Crippen LogP contribution in [0.25, 0.3) is 0 Å². The van der Waals surface area contributed by atoms with Crippen molar-refractivity contribution in [2.45, 2.75) is 6.04 Å². The number of carbonyl (C=O) groups is 1.